The van der Waals surface area contributed by atoms with E-state index in [0.29, 0.717) is 19.5 Å². The van der Waals surface area contributed by atoms with Crippen LogP contribution in [-0.4, -0.2) is 63.9 Å². The zero-order valence-electron chi connectivity index (χ0n) is 19.5. The van der Waals surface area contributed by atoms with E-state index in [1.165, 1.54) is 21.6 Å². The van der Waals surface area contributed by atoms with Crippen molar-refractivity contribution in [2.24, 2.45) is 0 Å². The number of ether oxygens (including phenoxy) is 2. The Morgan fingerprint density at radius 2 is 1.67 bits per heavy atom. The van der Waals surface area contributed by atoms with Gasteiger partial charge in [-0.15, -0.1) is 11.8 Å². The van der Waals surface area contributed by atoms with E-state index in [-0.39, 0.29) is 11.5 Å². The van der Waals surface area contributed by atoms with E-state index in [9.17, 15) is 19.2 Å². The molecular weight excluding hydrogens is 482 g/mol. The first kappa shape index (κ1) is 23.9. The minimum atomic E-state index is -0.783. The van der Waals surface area contributed by atoms with Crippen LogP contribution < -0.4 is 5.32 Å². The number of thioether (sulfide) groups is 1. The Hall–Kier alpha value is -3.79. The molecule has 3 amide bonds. The van der Waals surface area contributed by atoms with Crippen LogP contribution in [-0.2, 0) is 23.9 Å². The van der Waals surface area contributed by atoms with E-state index in [1.807, 2.05) is 60.7 Å². The lowest BCUT2D eigenvalue weighted by atomic mass is 10.0. The van der Waals surface area contributed by atoms with Crippen LogP contribution in [0.2, 0.25) is 0 Å². The van der Waals surface area contributed by atoms with Crippen molar-refractivity contribution in [1.29, 1.82) is 0 Å². The number of nitrogens with one attached hydrogen (secondary N) is 1. The lowest BCUT2D eigenvalue weighted by molar-refractivity contribution is -0.154. The number of hydrogen-bond donors (Lipinski definition) is 1. The van der Waals surface area contributed by atoms with Crippen molar-refractivity contribution < 1.29 is 28.7 Å². The Balaban J connectivity index is 1.51. The molecule has 3 heterocycles. The van der Waals surface area contributed by atoms with Crippen molar-refractivity contribution in [3.05, 3.63) is 83.2 Å². The van der Waals surface area contributed by atoms with Crippen molar-refractivity contribution in [3.63, 3.8) is 0 Å². The fourth-order valence-electron chi connectivity index (χ4n) is 4.38. The average Bonchev–Trinajstić information content (AvgIpc) is 2.86. The molecule has 0 radical (unpaired) electrons. The fraction of sp³-hybridized carbons (Fsp3) is 0.308. The molecule has 2 aromatic carbocycles. The normalized spacial score (nSPS) is 22.8. The Morgan fingerprint density at radius 1 is 1.06 bits per heavy atom. The van der Waals surface area contributed by atoms with E-state index in [4.69, 9.17) is 9.47 Å². The van der Waals surface area contributed by atoms with Gasteiger partial charge in [-0.2, -0.15) is 0 Å². The molecule has 186 valence electrons. The molecule has 5 rings (SSSR count). The van der Waals surface area contributed by atoms with Crippen LogP contribution in [0.3, 0.4) is 0 Å². The molecule has 0 spiro atoms. The average molecular weight is 508 g/mol. The van der Waals surface area contributed by atoms with Gasteiger partial charge in [0, 0.05) is 13.1 Å². The largest absolute Gasteiger partial charge is 0.448 e. The summed E-state index contributed by atoms with van der Waals surface area (Å²) in [7, 11) is 0. The van der Waals surface area contributed by atoms with Crippen LogP contribution in [0.1, 0.15) is 30.6 Å². The van der Waals surface area contributed by atoms with Crippen LogP contribution in [0, 0.1) is 0 Å². The molecule has 0 aromatic heterocycles. The van der Waals surface area contributed by atoms with E-state index in [0.717, 1.165) is 17.5 Å². The second kappa shape index (κ2) is 10.1. The number of benzene rings is 2. The number of likely N-dealkylation sites (tertiary alicyclic amines) is 1. The van der Waals surface area contributed by atoms with E-state index < -0.39 is 40.7 Å². The van der Waals surface area contributed by atoms with Gasteiger partial charge in [-0.05, 0) is 24.5 Å². The maximum atomic E-state index is 13.8. The summed E-state index contributed by atoms with van der Waals surface area (Å²) >= 11 is 1.33. The van der Waals surface area contributed by atoms with Crippen LogP contribution in [0.5, 0.6) is 0 Å². The first-order valence-electron chi connectivity index (χ1n) is 11.7. The molecule has 0 bridgehead atoms. The number of carbonyl (C=O) groups excluding carboxylic acids is 4. The Bertz CT molecular complexity index is 1160. The molecule has 0 aliphatic carbocycles. The van der Waals surface area contributed by atoms with Crippen molar-refractivity contribution in [2.75, 3.05) is 13.1 Å². The Kier molecular flexibility index (Phi) is 6.69. The Morgan fingerprint density at radius 3 is 2.19 bits per heavy atom. The van der Waals surface area contributed by atoms with E-state index in [1.54, 1.807) is 6.92 Å². The molecule has 3 atom stereocenters. The summed E-state index contributed by atoms with van der Waals surface area (Å²) in [5, 5.41) is 1.56. The third kappa shape index (κ3) is 4.32. The van der Waals surface area contributed by atoms with Crippen molar-refractivity contribution in [1.82, 2.24) is 15.1 Å². The third-order valence-electron chi connectivity index (χ3n) is 6.41. The number of amides is 3. The van der Waals surface area contributed by atoms with Gasteiger partial charge in [0.15, 0.2) is 17.6 Å². The van der Waals surface area contributed by atoms with Crippen molar-refractivity contribution in [2.45, 2.75) is 36.1 Å². The molecule has 9 nitrogen and oxygen atoms in total. The first-order chi connectivity index (χ1) is 17.5. The van der Waals surface area contributed by atoms with Crippen LogP contribution >= 0.6 is 11.8 Å². The van der Waals surface area contributed by atoms with Gasteiger partial charge in [0.1, 0.15) is 11.4 Å². The highest BCUT2D eigenvalue weighted by molar-refractivity contribution is 8.00. The number of fused-ring (bicyclic) bond motifs is 1. The minimum Gasteiger partial charge on any atom is -0.448 e. The highest BCUT2D eigenvalue weighted by Crippen LogP contribution is 2.45. The topological polar surface area (TPSA) is 105 Å². The van der Waals surface area contributed by atoms with Gasteiger partial charge in [-0.25, -0.2) is 9.59 Å². The van der Waals surface area contributed by atoms with Crippen LogP contribution in [0.25, 0.3) is 0 Å². The standard InChI is InChI=1S/C26H25N3O6S/c1-16-21(35-26(33)28-13-8-14-28)20(29-23(31)19(27-15-30)24(29)36-16)25(32)34-22(17-9-4-2-5-10-17)18-11-6-3-7-12-18/h2-7,9-12,15-16,19,22,24H,8,13-14H2,1H3,(H,27,30)/t16?,19?,24-/m1/s1. The zero-order chi connectivity index (χ0) is 25.2. The highest BCUT2D eigenvalue weighted by atomic mass is 32.2. The second-order valence-electron chi connectivity index (χ2n) is 8.67. The summed E-state index contributed by atoms with van der Waals surface area (Å²) in [5.41, 5.74) is 1.40. The SMILES string of the molecule is CC1S[C@@H]2C(NC=O)C(=O)N2C(C(=O)OC(c2ccccc2)c2ccccc2)=C1OC(=O)N1CCC1. The molecular formula is C26H25N3O6S. The minimum absolute atomic E-state index is 0.0796. The predicted molar refractivity (Wildman–Crippen MR) is 131 cm³/mol. The van der Waals surface area contributed by atoms with Gasteiger partial charge >= 0.3 is 12.1 Å². The molecule has 36 heavy (non-hydrogen) atoms. The monoisotopic (exact) mass is 507 g/mol. The summed E-state index contributed by atoms with van der Waals surface area (Å²) in [4.78, 5) is 53.2. The lowest BCUT2D eigenvalue weighted by Crippen LogP contribution is -2.70. The second-order valence-corrected chi connectivity index (χ2v) is 10.1. The summed E-state index contributed by atoms with van der Waals surface area (Å²) in [6.45, 7) is 2.95. The maximum Gasteiger partial charge on any atom is 0.415 e. The number of β-lactam (4-membered cyclic amide) rings is 1. The molecule has 3 aliphatic rings. The highest BCUT2D eigenvalue weighted by Gasteiger charge is 2.56. The molecule has 2 unspecified atom stereocenters. The predicted octanol–water partition coefficient (Wildman–Crippen LogP) is 2.79. The fourth-order valence-corrected chi connectivity index (χ4v) is 5.77. The first-order valence-corrected chi connectivity index (χ1v) is 12.6. The zero-order valence-corrected chi connectivity index (χ0v) is 20.4. The summed E-state index contributed by atoms with van der Waals surface area (Å²) < 4.78 is 11.7. The molecule has 1 N–H and O–H groups in total. The number of carbonyl (C=O) groups is 4. The number of nitrogens with zero attached hydrogens (tertiary/aromatic N) is 2. The van der Waals surface area contributed by atoms with E-state index in [2.05, 4.69) is 5.32 Å². The molecule has 0 saturated carbocycles. The van der Waals surface area contributed by atoms with Gasteiger partial charge in [0.05, 0.1) is 5.25 Å². The number of esters is 1. The quantitative estimate of drug-likeness (QED) is 0.349. The van der Waals surface area contributed by atoms with Crippen LogP contribution in [0.4, 0.5) is 4.79 Å². The molecule has 2 aromatic rings. The molecule has 2 fully saturated rings. The number of hydrogen-bond acceptors (Lipinski definition) is 7. The van der Waals surface area contributed by atoms with Crippen molar-refractivity contribution >= 4 is 36.1 Å². The van der Waals surface area contributed by atoms with Gasteiger partial charge < -0.3 is 19.7 Å². The number of rotatable bonds is 7. The summed E-state index contributed by atoms with van der Waals surface area (Å²) in [6.07, 6.45) is 0.0381. The smallest absolute Gasteiger partial charge is 0.415 e. The van der Waals surface area contributed by atoms with Gasteiger partial charge in [-0.1, -0.05) is 60.7 Å². The molecule has 2 saturated heterocycles. The van der Waals surface area contributed by atoms with E-state index >= 15 is 0 Å². The van der Waals surface area contributed by atoms with Crippen molar-refractivity contribution in [3.8, 4) is 0 Å². The maximum absolute atomic E-state index is 13.8. The van der Waals surface area contributed by atoms with Gasteiger partial charge in [0.25, 0.3) is 5.91 Å². The molecule has 3 aliphatic heterocycles. The van der Waals surface area contributed by atoms with Gasteiger partial charge in [-0.3, -0.25) is 14.5 Å². The van der Waals surface area contributed by atoms with Crippen LogP contribution in [0.15, 0.2) is 72.1 Å². The Labute approximate surface area is 212 Å². The summed E-state index contributed by atoms with van der Waals surface area (Å²) in [6, 6.07) is 17.8. The lowest BCUT2D eigenvalue weighted by Gasteiger charge is -2.50. The molecule has 10 heteroatoms. The van der Waals surface area contributed by atoms with Gasteiger partial charge in [0.2, 0.25) is 6.41 Å². The third-order valence-corrected chi connectivity index (χ3v) is 7.80. The summed E-state index contributed by atoms with van der Waals surface area (Å²) in [5.74, 6) is -1.17.